The molecule has 1 aromatic heterocycles. The van der Waals surface area contributed by atoms with E-state index in [0.29, 0.717) is 11.3 Å². The van der Waals surface area contributed by atoms with Crippen LogP contribution in [0.3, 0.4) is 0 Å². The average molecular weight is 251 g/mol. The third-order valence-electron chi connectivity index (χ3n) is 3.04. The van der Waals surface area contributed by atoms with Gasteiger partial charge in [-0.05, 0) is 25.1 Å². The standard InChI is InChI=1S/C16H13NO2/c1-10(2)16(18)19-11-7-8-13-12-5-3-4-6-14(12)17-15(13)9-11/h3-9,17H,1H2,2H3. The fourth-order valence-corrected chi connectivity index (χ4v) is 2.09. The Morgan fingerprint density at radius 1 is 1.11 bits per heavy atom. The number of ether oxygens (including phenoxy) is 1. The molecule has 0 amide bonds. The van der Waals surface area contributed by atoms with Crippen molar-refractivity contribution in [3.63, 3.8) is 0 Å². The molecule has 0 saturated heterocycles. The minimum absolute atomic E-state index is 0.386. The molecule has 19 heavy (non-hydrogen) atoms. The van der Waals surface area contributed by atoms with Crippen LogP contribution in [0.5, 0.6) is 5.75 Å². The molecule has 1 N–H and O–H groups in total. The summed E-state index contributed by atoms with van der Waals surface area (Å²) < 4.78 is 5.22. The van der Waals surface area contributed by atoms with Crippen LogP contribution in [0.1, 0.15) is 6.92 Å². The second kappa shape index (κ2) is 4.28. The second-order valence-electron chi connectivity index (χ2n) is 4.55. The van der Waals surface area contributed by atoms with Crippen molar-refractivity contribution in [2.45, 2.75) is 6.92 Å². The molecule has 2 aromatic carbocycles. The molecule has 3 nitrogen and oxygen atoms in total. The summed E-state index contributed by atoms with van der Waals surface area (Å²) in [6, 6.07) is 13.7. The van der Waals surface area contributed by atoms with E-state index in [9.17, 15) is 4.79 Å². The van der Waals surface area contributed by atoms with Crippen LogP contribution < -0.4 is 4.74 Å². The number of hydrogen-bond donors (Lipinski definition) is 1. The van der Waals surface area contributed by atoms with Gasteiger partial charge in [-0.2, -0.15) is 0 Å². The zero-order valence-corrected chi connectivity index (χ0v) is 10.6. The first-order valence-corrected chi connectivity index (χ1v) is 6.03. The van der Waals surface area contributed by atoms with E-state index in [0.717, 1.165) is 21.8 Å². The molecule has 0 atom stereocenters. The minimum atomic E-state index is -0.407. The quantitative estimate of drug-likeness (QED) is 0.427. The van der Waals surface area contributed by atoms with E-state index in [-0.39, 0.29) is 0 Å². The Morgan fingerprint density at radius 3 is 2.63 bits per heavy atom. The topological polar surface area (TPSA) is 42.1 Å². The van der Waals surface area contributed by atoms with Crippen LogP contribution in [0.4, 0.5) is 0 Å². The SMILES string of the molecule is C=C(C)C(=O)Oc1ccc2c(c1)[nH]c1ccccc12. The van der Waals surface area contributed by atoms with Crippen molar-refractivity contribution in [2.24, 2.45) is 0 Å². The van der Waals surface area contributed by atoms with Gasteiger partial charge in [-0.1, -0.05) is 24.8 Å². The van der Waals surface area contributed by atoms with Gasteiger partial charge >= 0.3 is 5.97 Å². The van der Waals surface area contributed by atoms with Crippen LogP contribution in [-0.4, -0.2) is 11.0 Å². The van der Waals surface area contributed by atoms with Crippen molar-refractivity contribution in [3.05, 3.63) is 54.6 Å². The number of H-pyrrole nitrogens is 1. The number of rotatable bonds is 2. The van der Waals surface area contributed by atoms with Gasteiger partial charge < -0.3 is 9.72 Å². The first-order valence-electron chi connectivity index (χ1n) is 6.03. The number of aromatic nitrogens is 1. The van der Waals surface area contributed by atoms with Gasteiger partial charge in [0.25, 0.3) is 0 Å². The van der Waals surface area contributed by atoms with E-state index < -0.39 is 5.97 Å². The van der Waals surface area contributed by atoms with E-state index in [2.05, 4.69) is 17.6 Å². The molecule has 0 bridgehead atoms. The maximum atomic E-state index is 11.5. The van der Waals surface area contributed by atoms with Crippen LogP contribution in [0.2, 0.25) is 0 Å². The minimum Gasteiger partial charge on any atom is -0.423 e. The maximum Gasteiger partial charge on any atom is 0.338 e. The molecule has 94 valence electrons. The smallest absolute Gasteiger partial charge is 0.338 e. The molecule has 0 aliphatic heterocycles. The third-order valence-corrected chi connectivity index (χ3v) is 3.04. The van der Waals surface area contributed by atoms with Gasteiger partial charge in [0.15, 0.2) is 0 Å². The maximum absolute atomic E-state index is 11.5. The highest BCUT2D eigenvalue weighted by atomic mass is 16.5. The Labute approximate surface area is 110 Å². The lowest BCUT2D eigenvalue weighted by Crippen LogP contribution is -2.07. The normalized spacial score (nSPS) is 10.8. The second-order valence-corrected chi connectivity index (χ2v) is 4.55. The predicted molar refractivity (Wildman–Crippen MR) is 76.3 cm³/mol. The molecule has 0 spiro atoms. The summed E-state index contributed by atoms with van der Waals surface area (Å²) in [6.07, 6.45) is 0. The fourth-order valence-electron chi connectivity index (χ4n) is 2.09. The summed E-state index contributed by atoms with van der Waals surface area (Å²) in [6.45, 7) is 5.19. The van der Waals surface area contributed by atoms with Gasteiger partial charge in [-0.25, -0.2) is 4.79 Å². The molecule has 0 aliphatic carbocycles. The molecular formula is C16H13NO2. The van der Waals surface area contributed by atoms with Gasteiger partial charge in [0, 0.05) is 27.9 Å². The van der Waals surface area contributed by atoms with E-state index in [4.69, 9.17) is 4.74 Å². The van der Waals surface area contributed by atoms with Gasteiger partial charge in [0.1, 0.15) is 5.75 Å². The number of carbonyl (C=O) groups is 1. The zero-order valence-electron chi connectivity index (χ0n) is 10.6. The molecule has 0 radical (unpaired) electrons. The highest BCUT2D eigenvalue weighted by molar-refractivity contribution is 6.07. The molecule has 1 heterocycles. The number of hydrogen-bond acceptors (Lipinski definition) is 2. The van der Waals surface area contributed by atoms with E-state index in [1.807, 2.05) is 30.3 Å². The molecule has 0 fully saturated rings. The number of nitrogens with one attached hydrogen (secondary N) is 1. The zero-order chi connectivity index (χ0) is 13.4. The van der Waals surface area contributed by atoms with Gasteiger partial charge in [0.2, 0.25) is 0 Å². The molecule has 3 aromatic rings. The van der Waals surface area contributed by atoms with Crippen molar-refractivity contribution < 1.29 is 9.53 Å². The van der Waals surface area contributed by atoms with Crippen molar-refractivity contribution in [1.82, 2.24) is 4.98 Å². The fraction of sp³-hybridized carbons (Fsp3) is 0.0625. The van der Waals surface area contributed by atoms with E-state index in [1.54, 1.807) is 13.0 Å². The number of esters is 1. The molecular weight excluding hydrogens is 238 g/mol. The van der Waals surface area contributed by atoms with Gasteiger partial charge in [-0.15, -0.1) is 0 Å². The summed E-state index contributed by atoms with van der Waals surface area (Å²) in [4.78, 5) is 14.8. The Morgan fingerprint density at radius 2 is 1.84 bits per heavy atom. The summed E-state index contributed by atoms with van der Waals surface area (Å²) in [5.41, 5.74) is 2.41. The Hall–Kier alpha value is -2.55. The van der Waals surface area contributed by atoms with Gasteiger partial charge in [0.05, 0.1) is 5.52 Å². The van der Waals surface area contributed by atoms with Crippen molar-refractivity contribution in [3.8, 4) is 5.75 Å². The lowest BCUT2D eigenvalue weighted by Gasteiger charge is -2.03. The molecule has 0 aliphatic rings. The monoisotopic (exact) mass is 251 g/mol. The Bertz CT molecular complexity index is 799. The largest absolute Gasteiger partial charge is 0.423 e. The Kier molecular flexibility index (Phi) is 2.60. The van der Waals surface area contributed by atoms with Crippen LogP contribution in [0, 0.1) is 0 Å². The number of aromatic amines is 1. The molecule has 3 rings (SSSR count). The predicted octanol–water partition coefficient (Wildman–Crippen LogP) is 3.80. The third kappa shape index (κ3) is 1.99. The van der Waals surface area contributed by atoms with Crippen LogP contribution >= 0.6 is 0 Å². The summed E-state index contributed by atoms with van der Waals surface area (Å²) >= 11 is 0. The number of benzene rings is 2. The number of fused-ring (bicyclic) bond motifs is 3. The summed E-state index contributed by atoms with van der Waals surface area (Å²) in [5, 5.41) is 2.28. The average Bonchev–Trinajstić information content (AvgIpc) is 2.76. The van der Waals surface area contributed by atoms with E-state index in [1.165, 1.54) is 0 Å². The summed E-state index contributed by atoms with van der Waals surface area (Å²) in [5.74, 6) is 0.113. The number of carbonyl (C=O) groups excluding carboxylic acids is 1. The Balaban J connectivity index is 2.08. The lowest BCUT2D eigenvalue weighted by atomic mass is 10.1. The molecule has 3 heteroatoms. The van der Waals surface area contributed by atoms with Crippen molar-refractivity contribution >= 4 is 27.8 Å². The van der Waals surface area contributed by atoms with Crippen molar-refractivity contribution in [1.29, 1.82) is 0 Å². The highest BCUT2D eigenvalue weighted by Crippen LogP contribution is 2.28. The molecule has 0 saturated carbocycles. The van der Waals surface area contributed by atoms with E-state index >= 15 is 0 Å². The first kappa shape index (κ1) is 11.5. The van der Waals surface area contributed by atoms with Crippen LogP contribution in [-0.2, 0) is 4.79 Å². The first-order chi connectivity index (χ1) is 9.15. The summed E-state index contributed by atoms with van der Waals surface area (Å²) in [7, 11) is 0. The van der Waals surface area contributed by atoms with Gasteiger partial charge in [-0.3, -0.25) is 0 Å². The lowest BCUT2D eigenvalue weighted by molar-refractivity contribution is -0.130. The molecule has 0 unspecified atom stereocenters. The number of para-hydroxylation sites is 1. The van der Waals surface area contributed by atoms with Crippen molar-refractivity contribution in [2.75, 3.05) is 0 Å². The van der Waals surface area contributed by atoms with Crippen LogP contribution in [0.25, 0.3) is 21.8 Å². The highest BCUT2D eigenvalue weighted by Gasteiger charge is 2.08. The van der Waals surface area contributed by atoms with Crippen LogP contribution in [0.15, 0.2) is 54.6 Å².